The summed E-state index contributed by atoms with van der Waals surface area (Å²) >= 11 is 0. The van der Waals surface area contributed by atoms with Gasteiger partial charge < -0.3 is 4.90 Å². The van der Waals surface area contributed by atoms with Crippen molar-refractivity contribution in [3.05, 3.63) is 60.2 Å². The second-order valence-corrected chi connectivity index (χ2v) is 8.38. The smallest absolute Gasteiger partial charge is 0.257 e. The molecule has 29 heavy (non-hydrogen) atoms. The first-order valence-electron chi connectivity index (χ1n) is 9.46. The molecular weight excluding hydrogens is 373 g/mol. The number of nitrogens with zero attached hydrogens (tertiary/aromatic N) is 3. The minimum Gasteiger partial charge on any atom is -0.326 e. The molecule has 0 bridgehead atoms. The van der Waals surface area contributed by atoms with Crippen molar-refractivity contribution < 1.29 is 18.8 Å². The van der Waals surface area contributed by atoms with Crippen molar-refractivity contribution in [2.24, 2.45) is 5.41 Å². The van der Waals surface area contributed by atoms with Crippen molar-refractivity contribution >= 4 is 23.4 Å². The lowest BCUT2D eigenvalue weighted by Crippen LogP contribution is -2.46. The molecule has 0 radical (unpaired) electrons. The fraction of sp³-hybridized carbons (Fsp3) is 0.364. The van der Waals surface area contributed by atoms with Gasteiger partial charge in [-0.3, -0.25) is 19.4 Å². The van der Waals surface area contributed by atoms with Crippen LogP contribution < -0.4 is 4.90 Å². The van der Waals surface area contributed by atoms with Crippen LogP contribution in [0.2, 0.25) is 0 Å². The van der Waals surface area contributed by atoms with Crippen LogP contribution in [0, 0.1) is 11.2 Å². The van der Waals surface area contributed by atoms with Crippen molar-refractivity contribution in [3.63, 3.8) is 0 Å². The predicted molar refractivity (Wildman–Crippen MR) is 106 cm³/mol. The van der Waals surface area contributed by atoms with Gasteiger partial charge in [0.15, 0.2) is 0 Å². The lowest BCUT2D eigenvalue weighted by Gasteiger charge is -2.30. The number of hydrogen-bond acceptors (Lipinski definition) is 4. The first-order valence-corrected chi connectivity index (χ1v) is 9.46. The van der Waals surface area contributed by atoms with Crippen LogP contribution in [0.4, 0.5) is 10.1 Å². The largest absolute Gasteiger partial charge is 0.326 e. The van der Waals surface area contributed by atoms with Crippen molar-refractivity contribution in [2.75, 3.05) is 4.90 Å². The highest BCUT2D eigenvalue weighted by Crippen LogP contribution is 2.29. The molecule has 0 saturated carbocycles. The molecule has 2 aromatic rings. The Morgan fingerprint density at radius 3 is 2.48 bits per heavy atom. The Kier molecular flexibility index (Phi) is 5.77. The minimum absolute atomic E-state index is 0.105. The van der Waals surface area contributed by atoms with E-state index in [0.717, 1.165) is 10.5 Å². The van der Waals surface area contributed by atoms with E-state index in [1.807, 2.05) is 26.8 Å². The molecule has 1 aliphatic heterocycles. The SMILES string of the molecule is CC(C)(C)CC(=O)N(Cc1cccnc1)C1CC(=O)N(c2ccc(F)cc2)C1=O. The number of rotatable bonds is 5. The summed E-state index contributed by atoms with van der Waals surface area (Å²) in [5, 5.41) is 0. The van der Waals surface area contributed by atoms with E-state index < -0.39 is 23.7 Å². The van der Waals surface area contributed by atoms with Crippen LogP contribution >= 0.6 is 0 Å². The second-order valence-electron chi connectivity index (χ2n) is 8.38. The average Bonchev–Trinajstić information content (AvgIpc) is 2.94. The lowest BCUT2D eigenvalue weighted by molar-refractivity contribution is -0.140. The summed E-state index contributed by atoms with van der Waals surface area (Å²) in [6, 6.07) is 7.84. The number of pyridine rings is 1. The van der Waals surface area contributed by atoms with Crippen LogP contribution in [0.5, 0.6) is 0 Å². The van der Waals surface area contributed by atoms with Crippen molar-refractivity contribution in [3.8, 4) is 0 Å². The normalized spacial score (nSPS) is 17.0. The molecule has 1 atom stereocenters. The highest BCUT2D eigenvalue weighted by molar-refractivity contribution is 6.23. The summed E-state index contributed by atoms with van der Waals surface area (Å²) in [5.41, 5.74) is 0.802. The number of anilines is 1. The fourth-order valence-corrected chi connectivity index (χ4v) is 3.34. The number of carbonyl (C=O) groups excluding carboxylic acids is 3. The molecule has 3 rings (SSSR count). The molecular formula is C22H24FN3O3. The Hall–Kier alpha value is -3.09. The Morgan fingerprint density at radius 1 is 1.21 bits per heavy atom. The maximum Gasteiger partial charge on any atom is 0.257 e. The highest BCUT2D eigenvalue weighted by atomic mass is 19.1. The van der Waals surface area contributed by atoms with Crippen LogP contribution in [0.3, 0.4) is 0 Å². The standard InChI is InChI=1S/C22H24FN3O3/c1-22(2,3)12-20(28)25(14-15-5-4-10-24-13-15)18-11-19(27)26(21(18)29)17-8-6-16(23)7-9-17/h4-10,13,18H,11-12,14H2,1-3H3. The van der Waals surface area contributed by atoms with E-state index >= 15 is 0 Å². The Morgan fingerprint density at radius 2 is 1.90 bits per heavy atom. The minimum atomic E-state index is -0.900. The summed E-state index contributed by atoms with van der Waals surface area (Å²) in [5.74, 6) is -1.55. The highest BCUT2D eigenvalue weighted by Gasteiger charge is 2.44. The quantitative estimate of drug-likeness (QED) is 0.726. The molecule has 1 saturated heterocycles. The maximum absolute atomic E-state index is 13.2. The van der Waals surface area contributed by atoms with Crippen molar-refractivity contribution in [2.45, 2.75) is 46.2 Å². The van der Waals surface area contributed by atoms with Crippen molar-refractivity contribution in [1.29, 1.82) is 0 Å². The van der Waals surface area contributed by atoms with Gasteiger partial charge in [0.05, 0.1) is 12.1 Å². The van der Waals surface area contributed by atoms with Gasteiger partial charge in [0.2, 0.25) is 11.8 Å². The third-order valence-corrected chi connectivity index (χ3v) is 4.66. The molecule has 7 heteroatoms. The van der Waals surface area contributed by atoms with Gasteiger partial charge in [0, 0.05) is 25.4 Å². The van der Waals surface area contributed by atoms with Crippen LogP contribution in [0.25, 0.3) is 0 Å². The number of amides is 3. The number of halogens is 1. The van der Waals surface area contributed by atoms with E-state index in [1.165, 1.54) is 29.2 Å². The second kappa shape index (κ2) is 8.11. The fourth-order valence-electron chi connectivity index (χ4n) is 3.34. The van der Waals surface area contributed by atoms with Gasteiger partial charge in [-0.2, -0.15) is 0 Å². The maximum atomic E-state index is 13.2. The van der Waals surface area contributed by atoms with Crippen molar-refractivity contribution in [1.82, 2.24) is 9.88 Å². The molecule has 1 fully saturated rings. The van der Waals surface area contributed by atoms with E-state index in [0.29, 0.717) is 5.69 Å². The van der Waals surface area contributed by atoms with Gasteiger partial charge in [-0.15, -0.1) is 0 Å². The van der Waals surface area contributed by atoms with Crippen LogP contribution in [-0.4, -0.2) is 33.6 Å². The molecule has 0 aliphatic carbocycles. The molecule has 2 heterocycles. The van der Waals surface area contributed by atoms with E-state index in [1.54, 1.807) is 18.5 Å². The van der Waals surface area contributed by atoms with Crippen LogP contribution in [0.15, 0.2) is 48.8 Å². The molecule has 3 amide bonds. The Bertz CT molecular complexity index is 907. The van der Waals surface area contributed by atoms with E-state index in [2.05, 4.69) is 4.98 Å². The first kappa shape index (κ1) is 20.6. The van der Waals surface area contributed by atoms with Gasteiger partial charge in [-0.05, 0) is 41.3 Å². The predicted octanol–water partition coefficient (Wildman–Crippen LogP) is 3.32. The van der Waals surface area contributed by atoms with Gasteiger partial charge in [-0.1, -0.05) is 26.8 Å². The summed E-state index contributed by atoms with van der Waals surface area (Å²) in [6.45, 7) is 6.02. The average molecular weight is 397 g/mol. The summed E-state index contributed by atoms with van der Waals surface area (Å²) in [6.07, 6.45) is 3.40. The van der Waals surface area contributed by atoms with Gasteiger partial charge in [-0.25, -0.2) is 9.29 Å². The van der Waals surface area contributed by atoms with E-state index in [9.17, 15) is 18.8 Å². The van der Waals surface area contributed by atoms with E-state index in [-0.39, 0.29) is 30.7 Å². The molecule has 1 aromatic heterocycles. The van der Waals surface area contributed by atoms with E-state index in [4.69, 9.17) is 0 Å². The third kappa shape index (κ3) is 4.85. The van der Waals surface area contributed by atoms with Gasteiger partial charge in [0.1, 0.15) is 11.9 Å². The molecule has 1 aliphatic rings. The molecule has 0 N–H and O–H groups in total. The Balaban J connectivity index is 1.90. The number of hydrogen-bond donors (Lipinski definition) is 0. The summed E-state index contributed by atoms with van der Waals surface area (Å²) in [4.78, 5) is 45.3. The molecule has 0 spiro atoms. The van der Waals surface area contributed by atoms with Crippen LogP contribution in [-0.2, 0) is 20.9 Å². The number of imide groups is 1. The zero-order valence-corrected chi connectivity index (χ0v) is 16.8. The first-order chi connectivity index (χ1) is 13.7. The zero-order valence-electron chi connectivity index (χ0n) is 16.8. The summed E-state index contributed by atoms with van der Waals surface area (Å²) < 4.78 is 13.2. The zero-order chi connectivity index (χ0) is 21.2. The molecule has 1 aromatic carbocycles. The molecule has 6 nitrogen and oxygen atoms in total. The van der Waals surface area contributed by atoms with Gasteiger partial charge in [0.25, 0.3) is 5.91 Å². The third-order valence-electron chi connectivity index (χ3n) is 4.66. The molecule has 152 valence electrons. The van der Waals surface area contributed by atoms with Crippen LogP contribution in [0.1, 0.15) is 39.2 Å². The summed E-state index contributed by atoms with van der Waals surface area (Å²) in [7, 11) is 0. The lowest BCUT2D eigenvalue weighted by atomic mass is 9.91. The topological polar surface area (TPSA) is 70.6 Å². The number of benzene rings is 1. The van der Waals surface area contributed by atoms with Gasteiger partial charge >= 0.3 is 0 Å². The number of aromatic nitrogens is 1. The monoisotopic (exact) mass is 397 g/mol. The molecule has 1 unspecified atom stereocenters. The number of carbonyl (C=O) groups is 3. The Labute approximate surface area is 169 Å².